The summed E-state index contributed by atoms with van der Waals surface area (Å²) in [4.78, 5) is 26.2. The van der Waals surface area contributed by atoms with E-state index in [1.165, 1.54) is 12.1 Å². The molecule has 0 aliphatic heterocycles. The van der Waals surface area contributed by atoms with Gasteiger partial charge in [-0.25, -0.2) is 4.39 Å². The minimum absolute atomic E-state index is 0.0303. The minimum Gasteiger partial charge on any atom is -0.347 e. The Labute approximate surface area is 146 Å². The summed E-state index contributed by atoms with van der Waals surface area (Å²) in [6, 6.07) is 15.9. The fourth-order valence-electron chi connectivity index (χ4n) is 2.76. The first-order chi connectivity index (χ1) is 12.1. The highest BCUT2D eigenvalue weighted by Crippen LogP contribution is 2.28. The molecular formula is C20H21FN2O2. The molecule has 0 spiro atoms. The lowest BCUT2D eigenvalue weighted by Crippen LogP contribution is -2.41. The second-order valence-electron chi connectivity index (χ2n) is 6.32. The van der Waals surface area contributed by atoms with E-state index in [0.717, 1.165) is 24.0 Å². The zero-order chi connectivity index (χ0) is 17.6. The van der Waals surface area contributed by atoms with Crippen molar-refractivity contribution in [1.82, 2.24) is 10.2 Å². The molecule has 2 amide bonds. The summed E-state index contributed by atoms with van der Waals surface area (Å²) in [5.74, 6) is -0.619. The standard InChI is InChI=1S/C20H21FN2O2/c21-17-8-4-7-16(11-17)14-23(18-9-10-18)20(25)13-22-19(24)12-15-5-2-1-3-6-15/h1-8,11,18H,9-10,12-14H2,(H,22,24). The third kappa shape index (κ3) is 5.14. The van der Waals surface area contributed by atoms with E-state index in [1.807, 2.05) is 30.3 Å². The molecule has 0 atom stereocenters. The van der Waals surface area contributed by atoms with Crippen LogP contribution >= 0.6 is 0 Å². The van der Waals surface area contributed by atoms with E-state index in [0.29, 0.717) is 6.54 Å². The van der Waals surface area contributed by atoms with E-state index in [4.69, 9.17) is 0 Å². The Morgan fingerprint density at radius 1 is 1.04 bits per heavy atom. The maximum atomic E-state index is 13.3. The Bertz CT molecular complexity index is 744. The maximum absolute atomic E-state index is 13.3. The van der Waals surface area contributed by atoms with Gasteiger partial charge in [-0.3, -0.25) is 9.59 Å². The normalized spacial score (nSPS) is 13.3. The van der Waals surface area contributed by atoms with E-state index < -0.39 is 0 Å². The molecular weight excluding hydrogens is 319 g/mol. The van der Waals surface area contributed by atoms with Crippen LogP contribution in [0.3, 0.4) is 0 Å². The number of amides is 2. The van der Waals surface area contributed by atoms with Crippen molar-refractivity contribution in [2.24, 2.45) is 0 Å². The van der Waals surface area contributed by atoms with Gasteiger partial charge in [0.1, 0.15) is 5.82 Å². The third-order valence-corrected chi connectivity index (χ3v) is 4.19. The predicted octanol–water partition coefficient (Wildman–Crippen LogP) is 2.68. The molecule has 25 heavy (non-hydrogen) atoms. The highest BCUT2D eigenvalue weighted by atomic mass is 19.1. The first kappa shape index (κ1) is 17.1. The summed E-state index contributed by atoms with van der Waals surface area (Å²) in [6.07, 6.45) is 2.17. The molecule has 4 nitrogen and oxygen atoms in total. The Balaban J connectivity index is 1.53. The molecule has 0 heterocycles. The van der Waals surface area contributed by atoms with Gasteiger partial charge in [0, 0.05) is 12.6 Å². The topological polar surface area (TPSA) is 49.4 Å². The average Bonchev–Trinajstić information content (AvgIpc) is 3.43. The minimum atomic E-state index is -0.308. The maximum Gasteiger partial charge on any atom is 0.242 e. The van der Waals surface area contributed by atoms with Crippen molar-refractivity contribution in [3.05, 3.63) is 71.5 Å². The summed E-state index contributed by atoms with van der Waals surface area (Å²) < 4.78 is 13.3. The lowest BCUT2D eigenvalue weighted by Gasteiger charge is -2.23. The molecule has 1 saturated carbocycles. The van der Waals surface area contributed by atoms with Gasteiger partial charge in [-0.1, -0.05) is 42.5 Å². The number of carbonyl (C=O) groups is 2. The molecule has 1 fully saturated rings. The van der Waals surface area contributed by atoms with E-state index >= 15 is 0 Å². The lowest BCUT2D eigenvalue weighted by atomic mass is 10.1. The molecule has 1 aliphatic carbocycles. The Morgan fingerprint density at radius 2 is 1.76 bits per heavy atom. The van der Waals surface area contributed by atoms with Crippen molar-refractivity contribution in [3.63, 3.8) is 0 Å². The van der Waals surface area contributed by atoms with E-state index in [9.17, 15) is 14.0 Å². The summed E-state index contributed by atoms with van der Waals surface area (Å²) in [5, 5.41) is 2.69. The second-order valence-corrected chi connectivity index (χ2v) is 6.32. The van der Waals surface area contributed by atoms with Crippen LogP contribution in [0.15, 0.2) is 54.6 Å². The summed E-state index contributed by atoms with van der Waals surface area (Å²) in [5.41, 5.74) is 1.67. The van der Waals surface area contributed by atoms with Gasteiger partial charge < -0.3 is 10.2 Å². The smallest absolute Gasteiger partial charge is 0.242 e. The van der Waals surface area contributed by atoms with Gasteiger partial charge in [0.2, 0.25) is 11.8 Å². The van der Waals surface area contributed by atoms with Crippen LogP contribution < -0.4 is 5.32 Å². The Kier molecular flexibility index (Phi) is 5.43. The molecule has 1 aliphatic rings. The van der Waals surface area contributed by atoms with Crippen molar-refractivity contribution in [1.29, 1.82) is 0 Å². The number of halogens is 1. The molecule has 2 aromatic carbocycles. The number of carbonyl (C=O) groups excluding carboxylic acids is 2. The molecule has 1 N–H and O–H groups in total. The predicted molar refractivity (Wildman–Crippen MR) is 93.1 cm³/mol. The zero-order valence-corrected chi connectivity index (χ0v) is 14.0. The van der Waals surface area contributed by atoms with Gasteiger partial charge in [-0.2, -0.15) is 0 Å². The van der Waals surface area contributed by atoms with Gasteiger partial charge in [0.05, 0.1) is 13.0 Å². The van der Waals surface area contributed by atoms with Crippen molar-refractivity contribution >= 4 is 11.8 Å². The zero-order valence-electron chi connectivity index (χ0n) is 14.0. The lowest BCUT2D eigenvalue weighted by molar-refractivity contribution is -0.133. The molecule has 0 aromatic heterocycles. The number of hydrogen-bond donors (Lipinski definition) is 1. The van der Waals surface area contributed by atoms with Gasteiger partial charge in [0.15, 0.2) is 0 Å². The Hall–Kier alpha value is -2.69. The average molecular weight is 340 g/mol. The Morgan fingerprint density at radius 3 is 2.44 bits per heavy atom. The van der Waals surface area contributed by atoms with Crippen LogP contribution in [0.1, 0.15) is 24.0 Å². The summed E-state index contributed by atoms with van der Waals surface area (Å²) in [7, 11) is 0. The van der Waals surface area contributed by atoms with E-state index in [2.05, 4.69) is 5.32 Å². The molecule has 3 rings (SSSR count). The molecule has 5 heteroatoms. The largest absolute Gasteiger partial charge is 0.347 e. The van der Waals surface area contributed by atoms with Crippen LogP contribution in [0.4, 0.5) is 4.39 Å². The first-order valence-electron chi connectivity index (χ1n) is 8.46. The molecule has 130 valence electrons. The first-order valence-corrected chi connectivity index (χ1v) is 8.46. The highest BCUT2D eigenvalue weighted by Gasteiger charge is 2.32. The van der Waals surface area contributed by atoms with Crippen LogP contribution in [0.5, 0.6) is 0 Å². The number of hydrogen-bond acceptors (Lipinski definition) is 2. The molecule has 2 aromatic rings. The number of nitrogens with zero attached hydrogens (tertiary/aromatic N) is 1. The third-order valence-electron chi connectivity index (χ3n) is 4.19. The van der Waals surface area contributed by atoms with Gasteiger partial charge in [0.25, 0.3) is 0 Å². The van der Waals surface area contributed by atoms with Gasteiger partial charge in [-0.15, -0.1) is 0 Å². The molecule has 0 radical (unpaired) electrons. The number of benzene rings is 2. The summed E-state index contributed by atoms with van der Waals surface area (Å²) >= 11 is 0. The highest BCUT2D eigenvalue weighted by molar-refractivity contribution is 5.86. The second kappa shape index (κ2) is 7.92. The van der Waals surface area contributed by atoms with Crippen molar-refractivity contribution in [2.45, 2.75) is 31.8 Å². The van der Waals surface area contributed by atoms with Crippen molar-refractivity contribution in [2.75, 3.05) is 6.54 Å². The van der Waals surface area contributed by atoms with Crippen LogP contribution in [-0.4, -0.2) is 29.3 Å². The van der Waals surface area contributed by atoms with E-state index in [1.54, 1.807) is 17.0 Å². The van der Waals surface area contributed by atoms with E-state index in [-0.39, 0.29) is 36.6 Å². The quantitative estimate of drug-likeness (QED) is 0.842. The van der Waals surface area contributed by atoms with Gasteiger partial charge in [-0.05, 0) is 36.1 Å². The van der Waals surface area contributed by atoms with Crippen LogP contribution in [-0.2, 0) is 22.6 Å². The van der Waals surface area contributed by atoms with Crippen LogP contribution in [0, 0.1) is 5.82 Å². The summed E-state index contributed by atoms with van der Waals surface area (Å²) in [6.45, 7) is 0.341. The number of nitrogens with one attached hydrogen (secondary N) is 1. The van der Waals surface area contributed by atoms with Crippen molar-refractivity contribution < 1.29 is 14.0 Å². The molecule has 0 unspecified atom stereocenters. The fourth-order valence-corrected chi connectivity index (χ4v) is 2.76. The molecule has 0 bridgehead atoms. The molecule has 0 saturated heterocycles. The van der Waals surface area contributed by atoms with Crippen molar-refractivity contribution in [3.8, 4) is 0 Å². The number of rotatable bonds is 7. The van der Waals surface area contributed by atoms with Crippen LogP contribution in [0.2, 0.25) is 0 Å². The van der Waals surface area contributed by atoms with Gasteiger partial charge >= 0.3 is 0 Å². The monoisotopic (exact) mass is 340 g/mol. The SMILES string of the molecule is O=C(Cc1ccccc1)NCC(=O)N(Cc1cccc(F)c1)C1CC1. The fraction of sp³-hybridized carbons (Fsp3) is 0.300. The van der Waals surface area contributed by atoms with Crippen LogP contribution in [0.25, 0.3) is 0 Å².